The van der Waals surface area contributed by atoms with Crippen molar-refractivity contribution in [2.75, 3.05) is 33.4 Å². The molecule has 2 amide bonds. The molecule has 1 aromatic heterocycles. The van der Waals surface area contributed by atoms with Crippen LogP contribution < -0.4 is 0 Å². The molecule has 3 atom stereocenters. The Morgan fingerprint density at radius 2 is 1.85 bits per heavy atom. The number of aliphatic hydroxyl groups excluding tert-OH is 1. The van der Waals surface area contributed by atoms with E-state index in [2.05, 4.69) is 9.88 Å². The largest absolute Gasteiger partial charge is 0.393 e. The maximum atomic E-state index is 14.8. The van der Waals surface area contributed by atoms with Crippen molar-refractivity contribution in [1.29, 1.82) is 0 Å². The number of nitrogens with zero attached hydrogens (tertiary/aromatic N) is 4. The third kappa shape index (κ3) is 5.87. The molecule has 0 radical (unpaired) electrons. The number of pyridine rings is 1. The molecule has 2 aliphatic rings. The normalized spacial score (nSPS) is 23.2. The minimum atomic E-state index is -1.27. The van der Waals surface area contributed by atoms with E-state index in [9.17, 15) is 23.1 Å². The molecule has 2 aliphatic heterocycles. The highest BCUT2D eigenvalue weighted by atomic mass is 19.1. The smallest absolute Gasteiger partial charge is 0.321 e. The van der Waals surface area contributed by atoms with E-state index in [1.807, 2.05) is 48.5 Å². The highest BCUT2D eigenvalue weighted by Crippen LogP contribution is 2.41. The number of carbonyl (C=O) groups excluding carboxylic acids is 1. The van der Waals surface area contributed by atoms with Crippen LogP contribution in [0.1, 0.15) is 36.1 Å². The van der Waals surface area contributed by atoms with Gasteiger partial charge in [0.15, 0.2) is 0 Å². The number of halogens is 3. The zero-order valence-electron chi connectivity index (χ0n) is 23.1. The van der Waals surface area contributed by atoms with Gasteiger partial charge < -0.3 is 14.9 Å². The number of benzene rings is 2. The van der Waals surface area contributed by atoms with Crippen LogP contribution in [0.3, 0.4) is 0 Å². The van der Waals surface area contributed by atoms with Crippen molar-refractivity contribution in [3.05, 3.63) is 107 Å². The van der Waals surface area contributed by atoms with Gasteiger partial charge in [-0.2, -0.15) is 0 Å². The number of hydrogen-bond donors (Lipinski definition) is 1. The van der Waals surface area contributed by atoms with Crippen molar-refractivity contribution in [3.8, 4) is 0 Å². The van der Waals surface area contributed by atoms with Crippen LogP contribution in [0.4, 0.5) is 18.0 Å². The van der Waals surface area contributed by atoms with E-state index in [0.29, 0.717) is 43.5 Å². The van der Waals surface area contributed by atoms with Gasteiger partial charge >= 0.3 is 6.03 Å². The molecule has 9 heteroatoms. The Hall–Kier alpha value is -3.69. The Morgan fingerprint density at radius 1 is 1.07 bits per heavy atom. The fourth-order valence-corrected chi connectivity index (χ4v) is 6.08. The molecule has 41 heavy (non-hydrogen) atoms. The molecule has 1 fully saturated rings. The monoisotopic (exact) mass is 564 g/mol. The average molecular weight is 565 g/mol. The molecule has 1 saturated heterocycles. The molecular formula is C32H35F3N4O2. The summed E-state index contributed by atoms with van der Waals surface area (Å²) in [5.74, 6) is -1.19. The van der Waals surface area contributed by atoms with E-state index in [1.165, 1.54) is 4.90 Å². The van der Waals surface area contributed by atoms with Crippen LogP contribution in [-0.2, 0) is 12.1 Å². The highest BCUT2D eigenvalue weighted by Gasteiger charge is 2.46. The summed E-state index contributed by atoms with van der Waals surface area (Å²) >= 11 is 0. The average Bonchev–Trinajstić information content (AvgIpc) is 3.29. The second-order valence-electron chi connectivity index (χ2n) is 10.8. The molecule has 216 valence electrons. The second-order valence-corrected chi connectivity index (χ2v) is 10.8. The van der Waals surface area contributed by atoms with Gasteiger partial charge in [0.2, 0.25) is 0 Å². The quantitative estimate of drug-likeness (QED) is 0.418. The first-order chi connectivity index (χ1) is 19.9. The topological polar surface area (TPSA) is 59.9 Å². The van der Waals surface area contributed by atoms with Gasteiger partial charge in [-0.15, -0.1) is 0 Å². The van der Waals surface area contributed by atoms with Crippen molar-refractivity contribution in [2.45, 2.75) is 43.4 Å². The summed E-state index contributed by atoms with van der Waals surface area (Å²) in [5.41, 5.74) is 0.738. The number of aromatic nitrogens is 1. The van der Waals surface area contributed by atoms with Crippen LogP contribution in [0, 0.1) is 11.6 Å². The molecule has 0 bridgehead atoms. The summed E-state index contributed by atoms with van der Waals surface area (Å²) < 4.78 is 43.1. The van der Waals surface area contributed by atoms with Gasteiger partial charge in [0.05, 0.1) is 12.3 Å². The van der Waals surface area contributed by atoms with Gasteiger partial charge in [0, 0.05) is 50.5 Å². The zero-order valence-corrected chi connectivity index (χ0v) is 23.1. The number of aliphatic hydroxyl groups is 1. The SMILES string of the molecule is CN(C(=O)N1CC(c2cc(F)ccc2F)=C[C@@]1(CO)c1ccccc1)C1CCC(CF)N(Cc2ccccn2)CC1. The Morgan fingerprint density at radius 3 is 2.56 bits per heavy atom. The predicted octanol–water partition coefficient (Wildman–Crippen LogP) is 5.39. The first-order valence-electron chi connectivity index (χ1n) is 13.9. The van der Waals surface area contributed by atoms with Crippen LogP contribution in [0.2, 0.25) is 0 Å². The van der Waals surface area contributed by atoms with Crippen LogP contribution in [0.25, 0.3) is 5.57 Å². The minimum absolute atomic E-state index is 0.00930. The van der Waals surface area contributed by atoms with Crippen LogP contribution in [0.5, 0.6) is 0 Å². The van der Waals surface area contributed by atoms with E-state index >= 15 is 0 Å². The second kappa shape index (κ2) is 12.4. The molecule has 3 aromatic rings. The predicted molar refractivity (Wildman–Crippen MR) is 151 cm³/mol. The van der Waals surface area contributed by atoms with Crippen molar-refractivity contribution in [3.63, 3.8) is 0 Å². The van der Waals surface area contributed by atoms with Gasteiger partial charge in [-0.1, -0.05) is 36.4 Å². The van der Waals surface area contributed by atoms with Crippen LogP contribution >= 0.6 is 0 Å². The number of hydrogen-bond acceptors (Lipinski definition) is 4. The number of amides is 2. The Kier molecular flexibility index (Phi) is 8.75. The lowest BCUT2D eigenvalue weighted by molar-refractivity contribution is 0.0776. The molecule has 3 heterocycles. The number of carbonyl (C=O) groups is 1. The summed E-state index contributed by atoms with van der Waals surface area (Å²) in [6.07, 6.45) is 5.22. The molecule has 5 rings (SSSR count). The van der Waals surface area contributed by atoms with E-state index < -0.39 is 30.5 Å². The zero-order chi connectivity index (χ0) is 29.0. The van der Waals surface area contributed by atoms with Gasteiger partial charge in [0.25, 0.3) is 0 Å². The lowest BCUT2D eigenvalue weighted by atomic mass is 9.89. The first-order valence-corrected chi connectivity index (χ1v) is 13.9. The third-order valence-corrected chi connectivity index (χ3v) is 8.46. The first kappa shape index (κ1) is 28.8. The Balaban J connectivity index is 1.41. The minimum Gasteiger partial charge on any atom is -0.393 e. The molecule has 2 unspecified atom stereocenters. The number of alkyl halides is 1. The van der Waals surface area contributed by atoms with Gasteiger partial charge in [0.1, 0.15) is 23.8 Å². The van der Waals surface area contributed by atoms with E-state index in [0.717, 1.165) is 23.9 Å². The van der Waals surface area contributed by atoms with Crippen molar-refractivity contribution in [1.82, 2.24) is 19.7 Å². The number of urea groups is 1. The molecular weight excluding hydrogens is 529 g/mol. The molecule has 2 aromatic carbocycles. The third-order valence-electron chi connectivity index (χ3n) is 8.46. The van der Waals surface area contributed by atoms with Crippen molar-refractivity contribution in [2.24, 2.45) is 0 Å². The number of likely N-dealkylation sites (tertiary alicyclic amines) is 1. The van der Waals surface area contributed by atoms with E-state index in [-0.39, 0.29) is 30.2 Å². The Labute approximate surface area is 238 Å². The standard InChI is InChI=1S/C32H35F3N4O2/c1-37(27-11-12-28(19-33)38(16-14-27)21-26-9-5-6-15-36-26)31(41)39-20-23(29-17-25(34)10-13-30(29)35)18-32(39,22-40)24-7-3-2-4-8-24/h2-10,13,15,17-18,27-28,40H,11-12,14,16,19-22H2,1H3/t27?,28?,32-/m1/s1. The van der Waals surface area contributed by atoms with Crippen LogP contribution in [-0.4, -0.2) is 76.3 Å². The fourth-order valence-electron chi connectivity index (χ4n) is 6.08. The van der Waals surface area contributed by atoms with Crippen molar-refractivity contribution < 1.29 is 23.1 Å². The summed E-state index contributed by atoms with van der Waals surface area (Å²) in [4.78, 5) is 23.9. The molecule has 0 spiro atoms. The molecule has 1 N–H and O–H groups in total. The van der Waals surface area contributed by atoms with Gasteiger partial charge in [-0.05, 0) is 66.8 Å². The van der Waals surface area contributed by atoms with Gasteiger partial charge in [-0.3, -0.25) is 9.88 Å². The van der Waals surface area contributed by atoms with E-state index in [4.69, 9.17) is 0 Å². The lowest BCUT2D eigenvalue weighted by Crippen LogP contribution is -2.54. The Bertz CT molecular complexity index is 1370. The summed E-state index contributed by atoms with van der Waals surface area (Å²) in [6, 6.07) is 17.2. The van der Waals surface area contributed by atoms with Crippen molar-refractivity contribution >= 4 is 11.6 Å². The summed E-state index contributed by atoms with van der Waals surface area (Å²) in [5, 5.41) is 10.8. The van der Waals surface area contributed by atoms with E-state index in [1.54, 1.807) is 24.2 Å². The maximum absolute atomic E-state index is 14.8. The summed E-state index contributed by atoms with van der Waals surface area (Å²) in [7, 11) is 1.72. The van der Waals surface area contributed by atoms with Crippen LogP contribution in [0.15, 0.2) is 79.0 Å². The van der Waals surface area contributed by atoms with Gasteiger partial charge in [-0.25, -0.2) is 18.0 Å². The molecule has 0 aliphatic carbocycles. The lowest BCUT2D eigenvalue weighted by Gasteiger charge is -2.41. The highest BCUT2D eigenvalue weighted by molar-refractivity contribution is 5.83. The molecule has 6 nitrogen and oxygen atoms in total. The summed E-state index contributed by atoms with van der Waals surface area (Å²) in [6.45, 7) is 0.181. The number of rotatable bonds is 7. The fraction of sp³-hybridized carbons (Fsp3) is 0.375. The molecule has 0 saturated carbocycles. The maximum Gasteiger partial charge on any atom is 0.321 e.